The molecule has 34 heavy (non-hydrogen) atoms. The van der Waals surface area contributed by atoms with E-state index >= 15 is 0 Å². The third-order valence-electron chi connectivity index (χ3n) is 6.62. The molecule has 0 N–H and O–H groups in total. The molecule has 0 aromatic heterocycles. The minimum atomic E-state index is -1.16. The highest BCUT2D eigenvalue weighted by molar-refractivity contribution is 6.37. The third kappa shape index (κ3) is 4.47. The molecule has 6 nitrogen and oxygen atoms in total. The van der Waals surface area contributed by atoms with Crippen LogP contribution in [0.3, 0.4) is 0 Å². The van der Waals surface area contributed by atoms with E-state index in [0.29, 0.717) is 34.4 Å². The third-order valence-corrected chi connectivity index (χ3v) is 7.42. The number of hydrogen-bond acceptors (Lipinski definition) is 4. The second kappa shape index (κ2) is 9.68. The maximum absolute atomic E-state index is 13.7. The van der Waals surface area contributed by atoms with Gasteiger partial charge in [0.25, 0.3) is 17.7 Å². The fraction of sp³-hybridized carbons (Fsp3) is 0.360. The van der Waals surface area contributed by atoms with Crippen LogP contribution in [-0.4, -0.2) is 39.6 Å². The van der Waals surface area contributed by atoms with Gasteiger partial charge >= 0.3 is 0 Å². The van der Waals surface area contributed by atoms with Crippen molar-refractivity contribution in [2.24, 2.45) is 17.8 Å². The van der Waals surface area contributed by atoms with Crippen LogP contribution in [0.1, 0.15) is 53.8 Å². The van der Waals surface area contributed by atoms with E-state index in [0.717, 1.165) is 16.4 Å². The number of hydrogen-bond donors (Lipinski definition) is 0. The number of carbonyl (C=O) groups is 4. The molecule has 2 aromatic carbocycles. The van der Waals surface area contributed by atoms with Gasteiger partial charge in [0.15, 0.2) is 5.78 Å². The predicted octanol–water partition coefficient (Wildman–Crippen LogP) is 5.70. The highest BCUT2D eigenvalue weighted by Crippen LogP contribution is 2.42. The van der Waals surface area contributed by atoms with E-state index in [1.807, 2.05) is 6.92 Å². The predicted molar refractivity (Wildman–Crippen MR) is 130 cm³/mol. The van der Waals surface area contributed by atoms with Gasteiger partial charge in [-0.25, -0.2) is 5.01 Å². The molecule has 1 saturated carbocycles. The summed E-state index contributed by atoms with van der Waals surface area (Å²) in [5, 5.41) is 2.66. The average molecular weight is 522 g/mol. The van der Waals surface area contributed by atoms with Crippen LogP contribution in [0.5, 0.6) is 0 Å². The quantitative estimate of drug-likeness (QED) is 0.374. The summed E-state index contributed by atoms with van der Waals surface area (Å²) in [7, 11) is 0. The summed E-state index contributed by atoms with van der Waals surface area (Å²) >= 11 is 18.2. The fourth-order valence-corrected chi connectivity index (χ4v) is 5.39. The van der Waals surface area contributed by atoms with Crippen LogP contribution in [0.25, 0.3) is 0 Å². The molecule has 1 heterocycles. The lowest BCUT2D eigenvalue weighted by Gasteiger charge is -2.35. The second-order valence-corrected chi connectivity index (χ2v) is 10.2. The van der Waals surface area contributed by atoms with Crippen LogP contribution in [0.2, 0.25) is 15.1 Å². The monoisotopic (exact) mass is 520 g/mol. The van der Waals surface area contributed by atoms with E-state index in [1.54, 1.807) is 12.1 Å². The van der Waals surface area contributed by atoms with Crippen molar-refractivity contribution in [1.29, 1.82) is 0 Å². The number of amides is 3. The average Bonchev–Trinajstić information content (AvgIpc) is 3.03. The molecule has 0 unspecified atom stereocenters. The van der Waals surface area contributed by atoms with Crippen LogP contribution in [0.15, 0.2) is 42.5 Å². The highest BCUT2D eigenvalue weighted by atomic mass is 35.5. The van der Waals surface area contributed by atoms with E-state index in [1.165, 1.54) is 37.3 Å². The van der Waals surface area contributed by atoms with E-state index in [4.69, 9.17) is 34.8 Å². The zero-order valence-corrected chi connectivity index (χ0v) is 20.9. The first kappa shape index (κ1) is 24.7. The summed E-state index contributed by atoms with van der Waals surface area (Å²) < 4.78 is 0. The zero-order valence-electron chi connectivity index (χ0n) is 18.6. The van der Waals surface area contributed by atoms with Gasteiger partial charge in [-0.2, -0.15) is 5.01 Å². The molecule has 2 aliphatic rings. The van der Waals surface area contributed by atoms with Crippen molar-refractivity contribution >= 4 is 58.3 Å². The minimum absolute atomic E-state index is 0.0330. The van der Waals surface area contributed by atoms with E-state index in [9.17, 15) is 19.2 Å². The summed E-state index contributed by atoms with van der Waals surface area (Å²) in [6, 6.07) is 9.33. The topological polar surface area (TPSA) is 74.8 Å². The molecule has 0 radical (unpaired) electrons. The molecular formula is C25H23Cl3N2O4. The summed E-state index contributed by atoms with van der Waals surface area (Å²) in [5.74, 6) is -2.82. The first-order chi connectivity index (χ1) is 16.1. The number of halogens is 3. The number of ketones is 1. The number of Topliss-reactive ketones (excluding diaryl/α,β-unsaturated/α-hetero) is 1. The summed E-state index contributed by atoms with van der Waals surface area (Å²) in [4.78, 5) is 54.0. The molecule has 2 aromatic rings. The van der Waals surface area contributed by atoms with E-state index < -0.39 is 41.4 Å². The fourth-order valence-electron chi connectivity index (χ4n) is 4.78. The van der Waals surface area contributed by atoms with Gasteiger partial charge in [-0.15, -0.1) is 0 Å². The maximum atomic E-state index is 13.7. The Labute approximate surface area is 212 Å². The van der Waals surface area contributed by atoms with Gasteiger partial charge in [0.2, 0.25) is 0 Å². The number of benzene rings is 2. The van der Waals surface area contributed by atoms with Gasteiger partial charge in [-0.1, -0.05) is 41.7 Å². The number of rotatable bonds is 5. The lowest BCUT2D eigenvalue weighted by atomic mass is 9.76. The first-order valence-electron chi connectivity index (χ1n) is 11.1. The normalized spacial score (nSPS) is 23.0. The molecule has 0 spiro atoms. The Morgan fingerprint density at radius 2 is 1.56 bits per heavy atom. The smallest absolute Gasteiger partial charge is 0.275 e. The Morgan fingerprint density at radius 1 is 0.941 bits per heavy atom. The second-order valence-electron chi connectivity index (χ2n) is 8.94. The van der Waals surface area contributed by atoms with Crippen molar-refractivity contribution in [3.05, 3.63) is 68.7 Å². The van der Waals surface area contributed by atoms with Crippen LogP contribution in [-0.2, 0) is 9.59 Å². The summed E-state index contributed by atoms with van der Waals surface area (Å²) in [6.07, 6.45) is 1.95. The Balaban J connectivity index is 1.77. The van der Waals surface area contributed by atoms with Gasteiger partial charge in [-0.05, 0) is 74.6 Å². The number of fused-ring (bicyclic) bond motifs is 1. The van der Waals surface area contributed by atoms with Crippen molar-refractivity contribution in [3.63, 3.8) is 0 Å². The first-order valence-corrected chi connectivity index (χ1v) is 12.2. The van der Waals surface area contributed by atoms with Crippen molar-refractivity contribution in [2.45, 2.75) is 39.2 Å². The number of carbonyl (C=O) groups excluding carboxylic acids is 4. The van der Waals surface area contributed by atoms with Crippen molar-refractivity contribution in [1.82, 2.24) is 10.0 Å². The van der Waals surface area contributed by atoms with Crippen LogP contribution < -0.4 is 0 Å². The Morgan fingerprint density at radius 3 is 2.21 bits per heavy atom. The van der Waals surface area contributed by atoms with Crippen LogP contribution in [0.4, 0.5) is 0 Å². The SMILES string of the molecule is C[C@@H]1CC[C@@H]2C(=O)N(N(C(=O)c3ccc(Cl)cc3Cl)[C@H](C)C(=O)c3ccc(Cl)cc3)C(=O)[C@H]2C1. The molecule has 178 valence electrons. The largest absolute Gasteiger partial charge is 0.292 e. The molecule has 9 heteroatoms. The van der Waals surface area contributed by atoms with E-state index in [2.05, 4.69) is 0 Å². The molecule has 4 atom stereocenters. The number of nitrogens with zero attached hydrogens (tertiary/aromatic N) is 2. The molecule has 1 aliphatic carbocycles. The maximum Gasteiger partial charge on any atom is 0.275 e. The molecule has 3 amide bonds. The summed E-state index contributed by atoms with van der Waals surface area (Å²) in [5.41, 5.74) is 0.327. The lowest BCUT2D eigenvalue weighted by Crippen LogP contribution is -2.56. The number of hydrazine groups is 1. The van der Waals surface area contributed by atoms with Crippen molar-refractivity contribution < 1.29 is 19.2 Å². The molecule has 1 saturated heterocycles. The van der Waals surface area contributed by atoms with Crippen LogP contribution in [0, 0.1) is 17.8 Å². The molecule has 4 rings (SSSR count). The Bertz CT molecular complexity index is 1170. The standard InChI is InChI=1S/C25H23Cl3N2O4/c1-13-3-9-18-20(11-13)25(34)30(23(18)32)29(24(33)19-10-8-17(27)12-21(19)28)14(2)22(31)15-4-6-16(26)7-5-15/h4-8,10,12-14,18,20H,3,9,11H2,1-2H3/t13-,14-,18+,20+/m1/s1. The molecular weight excluding hydrogens is 499 g/mol. The van der Waals surface area contributed by atoms with Gasteiger partial charge in [-0.3, -0.25) is 19.2 Å². The molecule has 2 fully saturated rings. The summed E-state index contributed by atoms with van der Waals surface area (Å²) in [6.45, 7) is 3.53. The Hall–Kier alpha value is -2.41. The Kier molecular flexibility index (Phi) is 7.04. The zero-order chi connectivity index (χ0) is 24.7. The number of imide groups is 1. The van der Waals surface area contributed by atoms with Gasteiger partial charge in [0.05, 0.1) is 22.4 Å². The van der Waals surface area contributed by atoms with Gasteiger partial charge in [0, 0.05) is 15.6 Å². The van der Waals surface area contributed by atoms with Crippen LogP contribution >= 0.6 is 34.8 Å². The van der Waals surface area contributed by atoms with Crippen molar-refractivity contribution in [2.75, 3.05) is 0 Å². The van der Waals surface area contributed by atoms with Crippen molar-refractivity contribution in [3.8, 4) is 0 Å². The highest BCUT2D eigenvalue weighted by Gasteiger charge is 2.54. The van der Waals surface area contributed by atoms with Gasteiger partial charge in [0.1, 0.15) is 6.04 Å². The minimum Gasteiger partial charge on any atom is -0.292 e. The van der Waals surface area contributed by atoms with E-state index in [-0.39, 0.29) is 10.6 Å². The van der Waals surface area contributed by atoms with Gasteiger partial charge < -0.3 is 0 Å². The molecule has 1 aliphatic heterocycles. The molecule has 0 bridgehead atoms. The lowest BCUT2D eigenvalue weighted by molar-refractivity contribution is -0.156.